The molecule has 0 amide bonds. The number of nitrogens with one attached hydrogen (secondary N) is 3. The summed E-state index contributed by atoms with van der Waals surface area (Å²) in [7, 11) is -0.425. The highest BCUT2D eigenvalue weighted by Crippen LogP contribution is 2.41. The molecule has 3 N–H and O–H groups in total. The Morgan fingerprint density at radius 1 is 1.23 bits per heavy atom. The van der Waals surface area contributed by atoms with E-state index in [0.29, 0.717) is 29.2 Å². The molecule has 1 aromatic carbocycles. The van der Waals surface area contributed by atoms with E-state index in [1.54, 1.807) is 31.5 Å². The van der Waals surface area contributed by atoms with Crippen LogP contribution in [0.3, 0.4) is 0 Å². The number of carbonyl (C=O) groups is 1. The summed E-state index contributed by atoms with van der Waals surface area (Å²) in [4.78, 5) is 12.2. The number of rotatable bonds is 9. The average Bonchev–Trinajstić information content (AvgIpc) is 3.38. The molecule has 10 heteroatoms. The zero-order valence-corrected chi connectivity index (χ0v) is 18.4. The third-order valence-electron chi connectivity index (χ3n) is 5.57. The van der Waals surface area contributed by atoms with Gasteiger partial charge in [0.05, 0.1) is 34.2 Å². The summed E-state index contributed by atoms with van der Waals surface area (Å²) in [6, 6.07) is 8.46. The Hall–Kier alpha value is -3.16. The van der Waals surface area contributed by atoms with Gasteiger partial charge in [-0.25, -0.2) is 13.1 Å². The van der Waals surface area contributed by atoms with Crippen LogP contribution in [-0.2, 0) is 15.6 Å². The van der Waals surface area contributed by atoms with Gasteiger partial charge in [0.2, 0.25) is 10.0 Å². The van der Waals surface area contributed by atoms with Crippen LogP contribution in [0.5, 0.6) is 0 Å². The molecule has 164 valence electrons. The van der Waals surface area contributed by atoms with Crippen LogP contribution >= 0.6 is 0 Å². The highest BCUT2D eigenvalue weighted by Gasteiger charge is 2.39. The fraction of sp³-hybridized carbons (Fsp3) is 0.381. The van der Waals surface area contributed by atoms with Crippen LogP contribution in [0.25, 0.3) is 6.08 Å². The minimum Gasteiger partial charge on any atom is -0.394 e. The molecule has 0 aliphatic heterocycles. The van der Waals surface area contributed by atoms with E-state index < -0.39 is 15.6 Å². The first-order chi connectivity index (χ1) is 14.9. The van der Waals surface area contributed by atoms with Gasteiger partial charge < -0.3 is 10.6 Å². The number of aromatic nitrogens is 2. The van der Waals surface area contributed by atoms with Gasteiger partial charge in [0, 0.05) is 12.7 Å². The molecule has 2 aromatic rings. The van der Waals surface area contributed by atoms with Crippen LogP contribution in [-0.4, -0.2) is 38.6 Å². The molecular formula is C21H26N6O3S. The minimum atomic E-state index is -3.54. The van der Waals surface area contributed by atoms with Gasteiger partial charge in [-0.3, -0.25) is 9.48 Å². The molecule has 0 spiro atoms. The Morgan fingerprint density at radius 2 is 1.90 bits per heavy atom. The lowest BCUT2D eigenvalue weighted by molar-refractivity contribution is 0.112. The van der Waals surface area contributed by atoms with E-state index in [0.717, 1.165) is 32.0 Å². The summed E-state index contributed by atoms with van der Waals surface area (Å²) in [6.07, 6.45) is 8.18. The van der Waals surface area contributed by atoms with Gasteiger partial charge in [-0.2, -0.15) is 10.4 Å². The van der Waals surface area contributed by atoms with E-state index in [1.807, 2.05) is 4.68 Å². The molecule has 1 aliphatic rings. The van der Waals surface area contributed by atoms with Gasteiger partial charge in [0.15, 0.2) is 12.1 Å². The summed E-state index contributed by atoms with van der Waals surface area (Å²) in [5.74, 6) is 0.360. The molecule has 1 aliphatic carbocycles. The zero-order chi connectivity index (χ0) is 22.5. The quantitative estimate of drug-likeness (QED) is 0.509. The molecule has 9 nitrogen and oxygen atoms in total. The number of sulfonamides is 1. The summed E-state index contributed by atoms with van der Waals surface area (Å²) >= 11 is 0. The third-order valence-corrected chi connectivity index (χ3v) is 7.00. The van der Waals surface area contributed by atoms with E-state index in [4.69, 9.17) is 5.10 Å². The maximum Gasteiger partial charge on any atom is 0.240 e. The van der Waals surface area contributed by atoms with E-state index in [-0.39, 0.29) is 4.90 Å². The zero-order valence-electron chi connectivity index (χ0n) is 17.6. The van der Waals surface area contributed by atoms with E-state index in [2.05, 4.69) is 21.4 Å². The monoisotopic (exact) mass is 442 g/mol. The average molecular weight is 443 g/mol. The first-order valence-electron chi connectivity index (χ1n) is 10.0. The molecule has 0 bridgehead atoms. The van der Waals surface area contributed by atoms with Crippen LogP contribution in [0, 0.1) is 11.3 Å². The van der Waals surface area contributed by atoms with Gasteiger partial charge in [0.25, 0.3) is 0 Å². The largest absolute Gasteiger partial charge is 0.394 e. The fourth-order valence-corrected chi connectivity index (χ4v) is 4.68. The molecule has 0 atom stereocenters. The highest BCUT2D eigenvalue weighted by atomic mass is 32.2. The van der Waals surface area contributed by atoms with Crippen molar-refractivity contribution in [3.8, 4) is 6.07 Å². The van der Waals surface area contributed by atoms with E-state index in [1.165, 1.54) is 19.2 Å². The first kappa shape index (κ1) is 22.5. The number of hydrogen-bond donors (Lipinski definition) is 3. The number of nitriles is 1. The number of hydrogen-bond acceptors (Lipinski definition) is 7. The highest BCUT2D eigenvalue weighted by molar-refractivity contribution is 7.89. The van der Waals surface area contributed by atoms with Crippen molar-refractivity contribution in [3.05, 3.63) is 41.7 Å². The van der Waals surface area contributed by atoms with Crippen molar-refractivity contribution in [2.75, 3.05) is 19.4 Å². The summed E-state index contributed by atoms with van der Waals surface area (Å²) in [5.41, 5.74) is 1.14. The second-order valence-electron chi connectivity index (χ2n) is 7.42. The second kappa shape index (κ2) is 9.32. The van der Waals surface area contributed by atoms with Crippen molar-refractivity contribution in [1.29, 1.82) is 5.26 Å². The van der Waals surface area contributed by atoms with Crippen LogP contribution < -0.4 is 15.4 Å². The molecule has 31 heavy (non-hydrogen) atoms. The number of anilines is 2. The summed E-state index contributed by atoms with van der Waals surface area (Å²) in [5, 5.41) is 20.2. The minimum absolute atomic E-state index is 0.137. The number of aldehydes is 1. The van der Waals surface area contributed by atoms with Crippen molar-refractivity contribution < 1.29 is 13.2 Å². The Bertz CT molecular complexity index is 1110. The fourth-order valence-electron chi connectivity index (χ4n) is 3.95. The Labute approximate surface area is 182 Å². The topological polar surface area (TPSA) is 129 Å². The number of carbonyl (C=O) groups excluding carboxylic acids is 1. The number of nitrogens with zero attached hydrogens (tertiary/aromatic N) is 3. The molecule has 0 unspecified atom stereocenters. The van der Waals surface area contributed by atoms with Crippen molar-refractivity contribution in [2.24, 2.45) is 0 Å². The normalized spacial score (nSPS) is 15.6. The van der Waals surface area contributed by atoms with Gasteiger partial charge >= 0.3 is 0 Å². The summed E-state index contributed by atoms with van der Waals surface area (Å²) in [6.45, 7) is 0. The molecule has 1 saturated carbocycles. The molecule has 1 heterocycles. The van der Waals surface area contributed by atoms with Crippen molar-refractivity contribution in [3.63, 3.8) is 0 Å². The van der Waals surface area contributed by atoms with Crippen molar-refractivity contribution in [2.45, 2.75) is 42.5 Å². The lowest BCUT2D eigenvalue weighted by atomic mass is 9.93. The van der Waals surface area contributed by atoms with Crippen molar-refractivity contribution in [1.82, 2.24) is 19.8 Å². The lowest BCUT2D eigenvalue weighted by Crippen LogP contribution is -2.32. The van der Waals surface area contributed by atoms with Gasteiger partial charge in [-0.05, 0) is 56.4 Å². The predicted molar refractivity (Wildman–Crippen MR) is 118 cm³/mol. The van der Waals surface area contributed by atoms with Crippen molar-refractivity contribution >= 4 is 33.9 Å². The third kappa shape index (κ3) is 4.47. The van der Waals surface area contributed by atoms with Gasteiger partial charge in [-0.15, -0.1) is 0 Å². The molecule has 0 saturated heterocycles. The van der Waals surface area contributed by atoms with E-state index in [9.17, 15) is 18.5 Å². The van der Waals surface area contributed by atoms with Gasteiger partial charge in [0.1, 0.15) is 0 Å². The first-order valence-corrected chi connectivity index (χ1v) is 11.5. The molecule has 1 fully saturated rings. The molecule has 1 aromatic heterocycles. The Kier molecular flexibility index (Phi) is 6.77. The van der Waals surface area contributed by atoms with Crippen LogP contribution in [0.4, 0.5) is 11.5 Å². The molecule has 3 rings (SSSR count). The maximum atomic E-state index is 12.0. The Balaban J connectivity index is 2.05. The van der Waals surface area contributed by atoms with Gasteiger partial charge in [-0.1, -0.05) is 12.8 Å². The smallest absolute Gasteiger partial charge is 0.240 e. The van der Waals surface area contributed by atoms with Crippen LogP contribution in [0.1, 0.15) is 48.2 Å². The molecule has 0 radical (unpaired) electrons. The van der Waals surface area contributed by atoms with Crippen LogP contribution in [0.15, 0.2) is 35.4 Å². The lowest BCUT2D eigenvalue weighted by Gasteiger charge is -2.28. The second-order valence-corrected chi connectivity index (χ2v) is 9.31. The molecular weight excluding hydrogens is 416 g/mol. The standard InChI is InChI=1S/C21H26N6O3S/c1-23-14-9-19-18(15-28)20(26-27(19)21(12-13-22)10-3-4-11-21)25-16-5-7-17(8-6-16)31(29,30)24-2/h5-9,14-15,23-24H,3-4,10-12H2,1-2H3,(H,25,26)/b14-9-. The van der Waals surface area contributed by atoms with E-state index >= 15 is 0 Å². The predicted octanol–water partition coefficient (Wildman–Crippen LogP) is 2.72. The Morgan fingerprint density at radius 3 is 2.45 bits per heavy atom. The van der Waals surface area contributed by atoms with Crippen LogP contribution in [0.2, 0.25) is 0 Å². The summed E-state index contributed by atoms with van der Waals surface area (Å²) < 4.78 is 27.9. The SMILES string of the molecule is CN/C=C\c1c(C=O)c(Nc2ccc(S(=O)(=O)NC)cc2)nn1C1(CC#N)CCCC1. The number of benzene rings is 1. The maximum absolute atomic E-state index is 12.0.